The highest BCUT2D eigenvalue weighted by Gasteiger charge is 2.17. The third-order valence-corrected chi connectivity index (χ3v) is 4.05. The van der Waals surface area contributed by atoms with Gasteiger partial charge in [-0.1, -0.05) is 72.8 Å². The van der Waals surface area contributed by atoms with Crippen LogP contribution >= 0.6 is 0 Å². The van der Waals surface area contributed by atoms with Crippen molar-refractivity contribution < 1.29 is 4.79 Å². The maximum atomic E-state index is 12.6. The summed E-state index contributed by atoms with van der Waals surface area (Å²) in [7, 11) is 0. The molecule has 0 unspecified atom stereocenters. The van der Waals surface area contributed by atoms with E-state index in [1.54, 1.807) is 0 Å². The van der Waals surface area contributed by atoms with Gasteiger partial charge in [0.15, 0.2) is 5.78 Å². The number of hydrogen-bond acceptors (Lipinski definition) is 2. The molecular formula is C22H21NO. The number of ketones is 1. The normalized spacial score (nSPS) is 11.7. The Morgan fingerprint density at radius 2 is 1.54 bits per heavy atom. The molecule has 1 N–H and O–H groups in total. The summed E-state index contributed by atoms with van der Waals surface area (Å²) >= 11 is 0. The van der Waals surface area contributed by atoms with Crippen LogP contribution in [0, 0.1) is 6.92 Å². The van der Waals surface area contributed by atoms with Crippen LogP contribution in [0.25, 0.3) is 0 Å². The first-order valence-electron chi connectivity index (χ1n) is 8.19. The minimum absolute atomic E-state index is 0.0549. The Kier molecular flexibility index (Phi) is 5.07. The van der Waals surface area contributed by atoms with E-state index in [1.165, 1.54) is 5.56 Å². The number of aryl methyl sites for hydroxylation is 1. The van der Waals surface area contributed by atoms with Gasteiger partial charge in [0, 0.05) is 17.7 Å². The molecule has 24 heavy (non-hydrogen) atoms. The Bertz CT molecular complexity index is 796. The van der Waals surface area contributed by atoms with E-state index in [4.69, 9.17) is 0 Å². The number of carbonyl (C=O) groups excluding carboxylic acids is 1. The van der Waals surface area contributed by atoms with Crippen molar-refractivity contribution in [2.24, 2.45) is 0 Å². The largest absolute Gasteiger partial charge is 0.378 e. The summed E-state index contributed by atoms with van der Waals surface area (Å²) in [5.41, 5.74) is 4.10. The molecule has 3 aromatic carbocycles. The summed E-state index contributed by atoms with van der Waals surface area (Å²) < 4.78 is 0. The zero-order valence-corrected chi connectivity index (χ0v) is 13.8. The van der Waals surface area contributed by atoms with Gasteiger partial charge >= 0.3 is 0 Å². The van der Waals surface area contributed by atoms with Gasteiger partial charge in [0.2, 0.25) is 0 Å². The molecule has 0 saturated carbocycles. The van der Waals surface area contributed by atoms with Crippen LogP contribution in [0.1, 0.15) is 33.9 Å². The van der Waals surface area contributed by atoms with Crippen molar-refractivity contribution in [3.8, 4) is 0 Å². The quantitative estimate of drug-likeness (QED) is 0.615. The Morgan fingerprint density at radius 1 is 0.875 bits per heavy atom. The van der Waals surface area contributed by atoms with Gasteiger partial charge in [0.25, 0.3) is 0 Å². The molecule has 2 nitrogen and oxygen atoms in total. The molecule has 2 heteroatoms. The third-order valence-electron chi connectivity index (χ3n) is 4.05. The maximum Gasteiger partial charge on any atom is 0.165 e. The molecular weight excluding hydrogens is 294 g/mol. The first kappa shape index (κ1) is 16.0. The lowest BCUT2D eigenvalue weighted by Gasteiger charge is -2.20. The topological polar surface area (TPSA) is 29.1 Å². The van der Waals surface area contributed by atoms with Gasteiger partial charge in [0.1, 0.15) is 0 Å². The first-order valence-corrected chi connectivity index (χ1v) is 8.19. The molecule has 0 spiro atoms. The second-order valence-electron chi connectivity index (χ2n) is 5.97. The highest BCUT2D eigenvalue weighted by molar-refractivity contribution is 5.96. The van der Waals surface area contributed by atoms with E-state index in [2.05, 4.69) is 36.5 Å². The molecule has 0 aliphatic heterocycles. The monoisotopic (exact) mass is 315 g/mol. The fourth-order valence-electron chi connectivity index (χ4n) is 2.80. The number of hydrogen-bond donors (Lipinski definition) is 1. The van der Waals surface area contributed by atoms with Gasteiger partial charge in [-0.25, -0.2) is 0 Å². The maximum absolute atomic E-state index is 12.6. The standard InChI is InChI=1S/C22H21NO/c1-17-9-8-14-20(15-17)23-21(18-10-4-2-5-11-18)16-22(24)19-12-6-3-7-13-19/h2-15,21,23H,16H2,1H3/t21-/m1/s1. The third kappa shape index (κ3) is 4.11. The second kappa shape index (κ2) is 7.60. The Hall–Kier alpha value is -2.87. The van der Waals surface area contributed by atoms with Crippen molar-refractivity contribution in [3.05, 3.63) is 102 Å². The molecule has 0 heterocycles. The van der Waals surface area contributed by atoms with Crippen molar-refractivity contribution >= 4 is 11.5 Å². The highest BCUT2D eigenvalue weighted by atomic mass is 16.1. The molecule has 0 aliphatic rings. The predicted octanol–water partition coefficient (Wildman–Crippen LogP) is 5.42. The zero-order chi connectivity index (χ0) is 16.8. The van der Waals surface area contributed by atoms with Crippen LogP contribution in [0.4, 0.5) is 5.69 Å². The summed E-state index contributed by atoms with van der Waals surface area (Å²) in [6.45, 7) is 2.07. The zero-order valence-electron chi connectivity index (χ0n) is 13.8. The summed E-state index contributed by atoms with van der Waals surface area (Å²) in [6.07, 6.45) is 0.419. The number of benzene rings is 3. The Balaban J connectivity index is 1.84. The smallest absolute Gasteiger partial charge is 0.165 e. The first-order chi connectivity index (χ1) is 11.7. The van der Waals surface area contributed by atoms with Gasteiger partial charge < -0.3 is 5.32 Å². The van der Waals surface area contributed by atoms with Crippen molar-refractivity contribution in [2.45, 2.75) is 19.4 Å². The predicted molar refractivity (Wildman–Crippen MR) is 99.4 cm³/mol. The van der Waals surface area contributed by atoms with Crippen LogP contribution in [0.2, 0.25) is 0 Å². The molecule has 1 atom stereocenters. The Morgan fingerprint density at radius 3 is 2.21 bits per heavy atom. The van der Waals surface area contributed by atoms with Gasteiger partial charge in [-0.2, -0.15) is 0 Å². The number of anilines is 1. The second-order valence-corrected chi connectivity index (χ2v) is 5.97. The van der Waals surface area contributed by atoms with Crippen LogP contribution in [0.5, 0.6) is 0 Å². The van der Waals surface area contributed by atoms with Crippen LogP contribution in [0.3, 0.4) is 0 Å². The highest BCUT2D eigenvalue weighted by Crippen LogP contribution is 2.25. The minimum atomic E-state index is -0.0549. The number of nitrogens with one attached hydrogen (secondary N) is 1. The fourth-order valence-corrected chi connectivity index (χ4v) is 2.80. The summed E-state index contributed by atoms with van der Waals surface area (Å²) in [5.74, 6) is 0.143. The van der Waals surface area contributed by atoms with Crippen LogP contribution in [-0.2, 0) is 0 Å². The fraction of sp³-hybridized carbons (Fsp3) is 0.136. The molecule has 0 radical (unpaired) electrons. The summed E-state index contributed by atoms with van der Waals surface area (Å²) in [5, 5.41) is 3.52. The van der Waals surface area contributed by atoms with E-state index < -0.39 is 0 Å². The van der Waals surface area contributed by atoms with E-state index in [0.29, 0.717) is 6.42 Å². The molecule has 0 aliphatic carbocycles. The number of rotatable bonds is 6. The minimum Gasteiger partial charge on any atom is -0.378 e. The van der Waals surface area contributed by atoms with Crippen molar-refractivity contribution in [1.82, 2.24) is 0 Å². The molecule has 0 saturated heterocycles. The van der Waals surface area contributed by atoms with Crippen LogP contribution in [-0.4, -0.2) is 5.78 Å². The summed E-state index contributed by atoms with van der Waals surface area (Å²) in [6, 6.07) is 27.8. The Labute approximate surface area is 143 Å². The van der Waals surface area contributed by atoms with E-state index in [9.17, 15) is 4.79 Å². The average molecular weight is 315 g/mol. The van der Waals surface area contributed by atoms with Crippen molar-refractivity contribution in [1.29, 1.82) is 0 Å². The van der Waals surface area contributed by atoms with Crippen molar-refractivity contribution in [2.75, 3.05) is 5.32 Å². The lowest BCUT2D eigenvalue weighted by molar-refractivity contribution is 0.0976. The van der Waals surface area contributed by atoms with Crippen molar-refractivity contribution in [3.63, 3.8) is 0 Å². The molecule has 120 valence electrons. The molecule has 0 fully saturated rings. The van der Waals surface area contributed by atoms with E-state index in [0.717, 1.165) is 16.8 Å². The van der Waals surface area contributed by atoms with E-state index in [1.807, 2.05) is 60.7 Å². The molecule has 0 aromatic heterocycles. The van der Waals surface area contributed by atoms with Gasteiger partial charge in [-0.15, -0.1) is 0 Å². The van der Waals surface area contributed by atoms with E-state index in [-0.39, 0.29) is 11.8 Å². The van der Waals surface area contributed by atoms with Gasteiger partial charge in [-0.05, 0) is 30.2 Å². The van der Waals surface area contributed by atoms with Crippen LogP contribution in [0.15, 0.2) is 84.9 Å². The van der Waals surface area contributed by atoms with Gasteiger partial charge in [-0.3, -0.25) is 4.79 Å². The summed E-state index contributed by atoms with van der Waals surface area (Å²) in [4.78, 5) is 12.6. The lowest BCUT2D eigenvalue weighted by Crippen LogP contribution is -2.15. The lowest BCUT2D eigenvalue weighted by atomic mass is 9.97. The molecule has 3 rings (SSSR count). The number of carbonyl (C=O) groups is 1. The number of Topliss-reactive ketones (excluding diaryl/α,β-unsaturated/α-hetero) is 1. The van der Waals surface area contributed by atoms with E-state index >= 15 is 0 Å². The molecule has 0 bridgehead atoms. The molecule has 0 amide bonds. The average Bonchev–Trinajstić information content (AvgIpc) is 2.63. The van der Waals surface area contributed by atoms with Gasteiger partial charge in [0.05, 0.1) is 6.04 Å². The molecule has 3 aromatic rings. The van der Waals surface area contributed by atoms with Crippen LogP contribution < -0.4 is 5.32 Å². The SMILES string of the molecule is Cc1cccc(N[C@H](CC(=O)c2ccccc2)c2ccccc2)c1.